The van der Waals surface area contributed by atoms with Gasteiger partial charge in [0.05, 0.1) is 5.41 Å². The van der Waals surface area contributed by atoms with Crippen LogP contribution >= 0.6 is 11.3 Å². The van der Waals surface area contributed by atoms with Gasteiger partial charge in [0, 0.05) is 36.9 Å². The Morgan fingerprint density at radius 2 is 0.900 bits per heavy atom. The third kappa shape index (κ3) is 4.32. The van der Waals surface area contributed by atoms with Crippen LogP contribution in [0.5, 0.6) is 0 Å². The molecule has 10 rings (SSSR count). The normalized spacial score (nSPS) is 13.0. The smallest absolute Gasteiger partial charge is 0.164 e. The lowest BCUT2D eigenvalue weighted by molar-refractivity contribution is 0.770. The zero-order valence-electron chi connectivity index (χ0n) is 27.0. The molecular formula is C46H29N3S. The molecule has 1 aliphatic carbocycles. The maximum absolute atomic E-state index is 5.14. The van der Waals surface area contributed by atoms with Crippen molar-refractivity contribution in [3.05, 3.63) is 198 Å². The Kier molecular flexibility index (Phi) is 6.58. The minimum Gasteiger partial charge on any atom is -0.208 e. The van der Waals surface area contributed by atoms with Crippen molar-refractivity contribution in [3.8, 4) is 45.3 Å². The van der Waals surface area contributed by atoms with Gasteiger partial charge in [-0.15, -0.1) is 11.3 Å². The lowest BCUT2D eigenvalue weighted by Crippen LogP contribution is -2.28. The molecule has 2 heterocycles. The molecule has 0 spiro atoms. The second kappa shape index (κ2) is 11.4. The van der Waals surface area contributed by atoms with Gasteiger partial charge in [-0.2, -0.15) is 0 Å². The van der Waals surface area contributed by atoms with Crippen molar-refractivity contribution >= 4 is 31.5 Å². The van der Waals surface area contributed by atoms with Crippen LogP contribution in [0, 0.1) is 0 Å². The third-order valence-corrected chi connectivity index (χ3v) is 11.2. The molecule has 0 bridgehead atoms. The highest BCUT2D eigenvalue weighted by atomic mass is 32.1. The Labute approximate surface area is 294 Å². The first-order valence-corrected chi connectivity index (χ1v) is 17.7. The van der Waals surface area contributed by atoms with E-state index in [1.165, 1.54) is 53.6 Å². The Bertz CT molecular complexity index is 2600. The minimum atomic E-state index is -0.472. The fraction of sp³-hybridized carbons (Fsp3) is 0.0217. The van der Waals surface area contributed by atoms with E-state index in [1.54, 1.807) is 0 Å². The van der Waals surface area contributed by atoms with Gasteiger partial charge in [0.2, 0.25) is 0 Å². The zero-order chi connectivity index (χ0) is 33.1. The monoisotopic (exact) mass is 655 g/mol. The molecule has 0 radical (unpaired) electrons. The molecule has 0 fully saturated rings. The summed E-state index contributed by atoms with van der Waals surface area (Å²) in [6.45, 7) is 0. The standard InChI is InChI=1S/C46H29N3S/c1-4-15-30(16-5-1)43-47-44(31-17-6-2-7-18-31)49-45(48-43)36-23-14-26-41-42(36)37-29-33(27-28-40(37)50-41)46(32-19-8-3-9-20-32)38-24-12-10-21-34(38)35-22-11-13-25-39(35)46/h1-29H. The number of rotatable bonds is 5. The average Bonchev–Trinajstić information content (AvgIpc) is 3.72. The predicted octanol–water partition coefficient (Wildman–Crippen LogP) is 11.6. The highest BCUT2D eigenvalue weighted by Crippen LogP contribution is 2.56. The second-order valence-corrected chi connectivity index (χ2v) is 13.8. The van der Waals surface area contributed by atoms with Crippen LogP contribution in [-0.2, 0) is 5.41 Å². The van der Waals surface area contributed by atoms with Crippen LogP contribution in [-0.4, -0.2) is 15.0 Å². The summed E-state index contributed by atoms with van der Waals surface area (Å²) in [4.78, 5) is 15.2. The largest absolute Gasteiger partial charge is 0.208 e. The Morgan fingerprint density at radius 3 is 1.52 bits per heavy atom. The van der Waals surface area contributed by atoms with Crippen molar-refractivity contribution in [2.75, 3.05) is 0 Å². The molecule has 234 valence electrons. The molecule has 0 atom stereocenters. The molecule has 9 aromatic rings. The van der Waals surface area contributed by atoms with Crippen molar-refractivity contribution in [2.24, 2.45) is 0 Å². The van der Waals surface area contributed by atoms with E-state index in [0.717, 1.165) is 16.7 Å². The highest BCUT2D eigenvalue weighted by molar-refractivity contribution is 7.25. The van der Waals surface area contributed by atoms with E-state index >= 15 is 0 Å². The van der Waals surface area contributed by atoms with Crippen molar-refractivity contribution in [1.82, 2.24) is 15.0 Å². The van der Waals surface area contributed by atoms with E-state index in [-0.39, 0.29) is 0 Å². The van der Waals surface area contributed by atoms with Crippen LogP contribution in [0.2, 0.25) is 0 Å². The van der Waals surface area contributed by atoms with Gasteiger partial charge in [-0.3, -0.25) is 0 Å². The van der Waals surface area contributed by atoms with E-state index in [4.69, 9.17) is 15.0 Å². The first-order chi connectivity index (χ1) is 24.8. The highest BCUT2D eigenvalue weighted by Gasteiger charge is 2.46. The van der Waals surface area contributed by atoms with Gasteiger partial charge in [0.15, 0.2) is 17.5 Å². The molecule has 0 saturated carbocycles. The van der Waals surface area contributed by atoms with Crippen LogP contribution in [0.25, 0.3) is 65.5 Å². The molecule has 4 heteroatoms. The Morgan fingerprint density at radius 1 is 0.380 bits per heavy atom. The summed E-state index contributed by atoms with van der Waals surface area (Å²) in [6, 6.07) is 62.7. The van der Waals surface area contributed by atoms with Crippen LogP contribution < -0.4 is 0 Å². The molecule has 2 aromatic heterocycles. The molecule has 1 aliphatic rings. The average molecular weight is 656 g/mol. The number of hydrogen-bond acceptors (Lipinski definition) is 4. The van der Waals surface area contributed by atoms with E-state index in [1.807, 2.05) is 47.7 Å². The van der Waals surface area contributed by atoms with E-state index in [9.17, 15) is 0 Å². The predicted molar refractivity (Wildman–Crippen MR) is 206 cm³/mol. The molecule has 7 aromatic carbocycles. The summed E-state index contributed by atoms with van der Waals surface area (Å²) >= 11 is 1.82. The summed E-state index contributed by atoms with van der Waals surface area (Å²) in [6.07, 6.45) is 0. The fourth-order valence-electron chi connectivity index (χ4n) is 7.89. The van der Waals surface area contributed by atoms with Crippen molar-refractivity contribution in [2.45, 2.75) is 5.41 Å². The maximum Gasteiger partial charge on any atom is 0.164 e. The fourth-order valence-corrected chi connectivity index (χ4v) is 9.00. The van der Waals surface area contributed by atoms with Crippen LogP contribution in [0.15, 0.2) is 176 Å². The molecular weight excluding hydrogens is 627 g/mol. The molecule has 0 amide bonds. The first-order valence-electron chi connectivity index (χ1n) is 16.9. The summed E-state index contributed by atoms with van der Waals surface area (Å²) < 4.78 is 2.44. The zero-order valence-corrected chi connectivity index (χ0v) is 27.8. The van der Waals surface area contributed by atoms with Gasteiger partial charge in [0.1, 0.15) is 0 Å². The SMILES string of the molecule is c1ccc(-c2nc(-c3ccccc3)nc(-c3cccc4sc5ccc(C6(c7ccccc7)c7ccccc7-c7ccccc76)cc5c34)n2)cc1. The van der Waals surface area contributed by atoms with Crippen LogP contribution in [0.4, 0.5) is 0 Å². The number of fused-ring (bicyclic) bond motifs is 6. The summed E-state index contributed by atoms with van der Waals surface area (Å²) in [7, 11) is 0. The van der Waals surface area contributed by atoms with Crippen LogP contribution in [0.1, 0.15) is 22.3 Å². The lowest BCUT2D eigenvalue weighted by atomic mass is 9.67. The third-order valence-electron chi connectivity index (χ3n) is 10.0. The van der Waals surface area contributed by atoms with E-state index in [2.05, 4.69) is 140 Å². The van der Waals surface area contributed by atoms with Gasteiger partial charge in [-0.1, -0.05) is 158 Å². The maximum atomic E-state index is 5.14. The van der Waals surface area contributed by atoms with Gasteiger partial charge < -0.3 is 0 Å². The molecule has 50 heavy (non-hydrogen) atoms. The van der Waals surface area contributed by atoms with Gasteiger partial charge in [-0.25, -0.2) is 15.0 Å². The number of nitrogens with zero attached hydrogens (tertiary/aromatic N) is 3. The number of aromatic nitrogens is 3. The Hall–Kier alpha value is -6.23. The Balaban J connectivity index is 1.26. The topological polar surface area (TPSA) is 38.7 Å². The first kappa shape index (κ1) is 28.8. The molecule has 0 aliphatic heterocycles. The summed E-state index contributed by atoms with van der Waals surface area (Å²) in [5.74, 6) is 1.99. The quantitative estimate of drug-likeness (QED) is 0.185. The van der Waals surface area contributed by atoms with E-state index < -0.39 is 5.41 Å². The molecule has 3 nitrogen and oxygen atoms in total. The minimum absolute atomic E-state index is 0.472. The second-order valence-electron chi connectivity index (χ2n) is 12.7. The van der Waals surface area contributed by atoms with Gasteiger partial charge in [0.25, 0.3) is 0 Å². The van der Waals surface area contributed by atoms with Crippen molar-refractivity contribution < 1.29 is 0 Å². The van der Waals surface area contributed by atoms with Crippen LogP contribution in [0.3, 0.4) is 0 Å². The molecule has 0 unspecified atom stereocenters. The summed E-state index contributed by atoms with van der Waals surface area (Å²) in [5, 5.41) is 2.37. The lowest BCUT2D eigenvalue weighted by Gasteiger charge is -2.34. The van der Waals surface area contributed by atoms with Gasteiger partial charge >= 0.3 is 0 Å². The number of benzene rings is 7. The molecule has 0 N–H and O–H groups in total. The number of thiophene rings is 1. The molecule has 0 saturated heterocycles. The summed E-state index contributed by atoms with van der Waals surface area (Å²) in [5.41, 5.74) is 10.1. The van der Waals surface area contributed by atoms with Crippen molar-refractivity contribution in [1.29, 1.82) is 0 Å². The number of hydrogen-bond donors (Lipinski definition) is 0. The van der Waals surface area contributed by atoms with Gasteiger partial charge in [-0.05, 0) is 51.6 Å². The van der Waals surface area contributed by atoms with E-state index in [0.29, 0.717) is 17.5 Å². The van der Waals surface area contributed by atoms with Crippen molar-refractivity contribution in [3.63, 3.8) is 0 Å².